The second-order valence-electron chi connectivity index (χ2n) is 6.14. The van der Waals surface area contributed by atoms with Gasteiger partial charge in [-0.05, 0) is 31.2 Å². The van der Waals surface area contributed by atoms with E-state index in [2.05, 4.69) is 38.9 Å². The van der Waals surface area contributed by atoms with Gasteiger partial charge in [0.15, 0.2) is 0 Å². The van der Waals surface area contributed by atoms with Crippen LogP contribution in [0.1, 0.15) is 31.0 Å². The summed E-state index contributed by atoms with van der Waals surface area (Å²) in [5.41, 5.74) is 2.03. The summed E-state index contributed by atoms with van der Waals surface area (Å²) in [4.78, 5) is 22.9. The van der Waals surface area contributed by atoms with Gasteiger partial charge in [0.05, 0.1) is 6.04 Å². The Hall–Kier alpha value is -2.96. The number of aromatic nitrogens is 4. The lowest BCUT2D eigenvalue weighted by Crippen LogP contribution is -2.40. The number of rotatable bonds is 4. The summed E-state index contributed by atoms with van der Waals surface area (Å²) in [5.74, 6) is 1.12. The average molecular weight is 337 g/mol. The van der Waals surface area contributed by atoms with Gasteiger partial charge >= 0.3 is 0 Å². The normalized spacial score (nSPS) is 16.7. The molecule has 0 N–H and O–H groups in total. The van der Waals surface area contributed by atoms with Crippen molar-refractivity contribution in [1.82, 2.24) is 24.6 Å². The number of hydrogen-bond donors (Lipinski definition) is 0. The monoisotopic (exact) mass is 337 g/mol. The third kappa shape index (κ3) is 3.05. The van der Waals surface area contributed by atoms with E-state index in [1.165, 1.54) is 5.69 Å². The largest absolute Gasteiger partial charge is 0.348 e. The summed E-state index contributed by atoms with van der Waals surface area (Å²) >= 11 is 0. The van der Waals surface area contributed by atoms with Crippen LogP contribution in [0, 0.1) is 0 Å². The van der Waals surface area contributed by atoms with Crippen molar-refractivity contribution >= 4 is 5.91 Å². The molecular weight excluding hydrogens is 318 g/mol. The highest BCUT2D eigenvalue weighted by atomic mass is 16.5. The molecular formula is C18H19N5O2. The van der Waals surface area contributed by atoms with Crippen molar-refractivity contribution in [2.75, 3.05) is 6.54 Å². The molecule has 0 bridgehead atoms. The molecule has 128 valence electrons. The van der Waals surface area contributed by atoms with E-state index in [9.17, 15) is 4.79 Å². The molecule has 0 aliphatic carbocycles. The predicted molar refractivity (Wildman–Crippen MR) is 90.4 cm³/mol. The van der Waals surface area contributed by atoms with Crippen molar-refractivity contribution in [2.24, 2.45) is 0 Å². The van der Waals surface area contributed by atoms with Crippen LogP contribution in [0.15, 0.2) is 47.4 Å². The molecule has 0 aromatic carbocycles. The molecule has 0 fully saturated rings. The fourth-order valence-corrected chi connectivity index (χ4v) is 3.25. The van der Waals surface area contributed by atoms with Crippen LogP contribution in [0.4, 0.5) is 0 Å². The summed E-state index contributed by atoms with van der Waals surface area (Å²) in [5, 5.41) is 3.97. The lowest BCUT2D eigenvalue weighted by atomic mass is 10.1. The molecule has 7 heteroatoms. The second-order valence-corrected chi connectivity index (χ2v) is 6.14. The smallest absolute Gasteiger partial charge is 0.227 e. The van der Waals surface area contributed by atoms with Gasteiger partial charge in [0.1, 0.15) is 0 Å². The Kier molecular flexibility index (Phi) is 4.05. The molecule has 3 aromatic rings. The Balaban J connectivity index is 1.39. The molecule has 25 heavy (non-hydrogen) atoms. The summed E-state index contributed by atoms with van der Waals surface area (Å²) < 4.78 is 7.47. The third-order valence-corrected chi connectivity index (χ3v) is 4.62. The molecule has 4 rings (SSSR count). The van der Waals surface area contributed by atoms with Crippen LogP contribution in [0.5, 0.6) is 0 Å². The quantitative estimate of drug-likeness (QED) is 0.731. The zero-order chi connectivity index (χ0) is 17.2. The predicted octanol–water partition coefficient (Wildman–Crippen LogP) is 2.47. The highest BCUT2D eigenvalue weighted by molar-refractivity contribution is 5.77. The highest BCUT2D eigenvalue weighted by Gasteiger charge is 2.27. The van der Waals surface area contributed by atoms with Gasteiger partial charge < -0.3 is 14.0 Å². The maximum Gasteiger partial charge on any atom is 0.227 e. The molecule has 7 nitrogen and oxygen atoms in total. The van der Waals surface area contributed by atoms with Crippen LogP contribution >= 0.6 is 0 Å². The van der Waals surface area contributed by atoms with Crippen molar-refractivity contribution in [1.29, 1.82) is 0 Å². The van der Waals surface area contributed by atoms with E-state index in [1.807, 2.05) is 23.1 Å². The Labute approximate surface area is 145 Å². The Bertz CT molecular complexity index is 870. The number of pyridine rings is 1. The summed E-state index contributed by atoms with van der Waals surface area (Å²) in [6.45, 7) is 3.63. The first-order chi connectivity index (χ1) is 12.2. The van der Waals surface area contributed by atoms with Gasteiger partial charge in [-0.2, -0.15) is 4.98 Å². The van der Waals surface area contributed by atoms with Gasteiger partial charge in [-0.15, -0.1) is 0 Å². The number of hydrogen-bond acceptors (Lipinski definition) is 5. The topological polar surface area (TPSA) is 77.1 Å². The zero-order valence-electron chi connectivity index (χ0n) is 14.0. The molecule has 1 amide bonds. The van der Waals surface area contributed by atoms with E-state index in [0.717, 1.165) is 18.7 Å². The Morgan fingerprint density at radius 2 is 2.12 bits per heavy atom. The number of amides is 1. The fourth-order valence-electron chi connectivity index (χ4n) is 3.25. The molecule has 0 saturated heterocycles. The average Bonchev–Trinajstić information content (AvgIpc) is 3.30. The SMILES string of the molecule is C[C@@H]1c2cccn2CCN1C(=O)CCc1nc(-c2ccncc2)no1. The summed E-state index contributed by atoms with van der Waals surface area (Å²) in [6.07, 6.45) is 6.24. The van der Waals surface area contributed by atoms with Crippen LogP contribution < -0.4 is 0 Å². The number of aryl methyl sites for hydroxylation is 1. The molecule has 0 saturated carbocycles. The van der Waals surface area contributed by atoms with E-state index in [4.69, 9.17) is 4.52 Å². The Morgan fingerprint density at radius 3 is 2.96 bits per heavy atom. The van der Waals surface area contributed by atoms with Gasteiger partial charge in [-0.25, -0.2) is 0 Å². The van der Waals surface area contributed by atoms with E-state index in [0.29, 0.717) is 24.6 Å². The van der Waals surface area contributed by atoms with Crippen molar-refractivity contribution in [3.05, 3.63) is 54.4 Å². The molecule has 3 aromatic heterocycles. The van der Waals surface area contributed by atoms with Crippen molar-refractivity contribution in [3.8, 4) is 11.4 Å². The van der Waals surface area contributed by atoms with E-state index < -0.39 is 0 Å². The summed E-state index contributed by atoms with van der Waals surface area (Å²) in [6, 6.07) is 7.84. The van der Waals surface area contributed by atoms with Gasteiger partial charge in [0.2, 0.25) is 17.6 Å². The molecule has 4 heterocycles. The minimum absolute atomic E-state index is 0.0892. The van der Waals surface area contributed by atoms with E-state index >= 15 is 0 Å². The van der Waals surface area contributed by atoms with Crippen LogP contribution in [-0.4, -0.2) is 37.0 Å². The minimum Gasteiger partial charge on any atom is -0.348 e. The first kappa shape index (κ1) is 15.6. The van der Waals surface area contributed by atoms with Crippen LogP contribution in [-0.2, 0) is 17.8 Å². The molecule has 0 radical (unpaired) electrons. The number of fused-ring (bicyclic) bond motifs is 1. The standard InChI is InChI=1S/C18H19N5O2/c1-13-15-3-2-10-22(15)11-12-23(13)17(24)5-4-16-20-18(21-25-16)14-6-8-19-9-7-14/h2-3,6-10,13H,4-5,11-12H2,1H3/t13-/m1/s1. The first-order valence-electron chi connectivity index (χ1n) is 8.40. The van der Waals surface area contributed by atoms with Gasteiger partial charge in [-0.1, -0.05) is 5.16 Å². The van der Waals surface area contributed by atoms with Crippen molar-refractivity contribution in [2.45, 2.75) is 32.4 Å². The van der Waals surface area contributed by atoms with Crippen molar-refractivity contribution in [3.63, 3.8) is 0 Å². The summed E-state index contributed by atoms with van der Waals surface area (Å²) in [7, 11) is 0. The minimum atomic E-state index is 0.0892. The molecule has 1 aliphatic heterocycles. The fraction of sp³-hybridized carbons (Fsp3) is 0.333. The molecule has 0 spiro atoms. The lowest BCUT2D eigenvalue weighted by molar-refractivity contribution is -0.134. The van der Waals surface area contributed by atoms with E-state index in [-0.39, 0.29) is 11.9 Å². The zero-order valence-corrected chi connectivity index (χ0v) is 14.0. The number of nitrogens with zero attached hydrogens (tertiary/aromatic N) is 5. The van der Waals surface area contributed by atoms with Gasteiger partial charge in [0, 0.05) is 55.8 Å². The van der Waals surface area contributed by atoms with Crippen LogP contribution in [0.2, 0.25) is 0 Å². The van der Waals surface area contributed by atoms with Crippen LogP contribution in [0.25, 0.3) is 11.4 Å². The first-order valence-corrected chi connectivity index (χ1v) is 8.40. The van der Waals surface area contributed by atoms with Crippen LogP contribution in [0.3, 0.4) is 0 Å². The number of carbonyl (C=O) groups excluding carboxylic acids is 1. The molecule has 1 aliphatic rings. The van der Waals surface area contributed by atoms with Gasteiger partial charge in [0.25, 0.3) is 0 Å². The third-order valence-electron chi connectivity index (χ3n) is 4.62. The highest BCUT2D eigenvalue weighted by Crippen LogP contribution is 2.26. The molecule has 1 atom stereocenters. The van der Waals surface area contributed by atoms with Gasteiger partial charge in [-0.3, -0.25) is 9.78 Å². The molecule has 0 unspecified atom stereocenters. The second kappa shape index (κ2) is 6.51. The lowest BCUT2D eigenvalue weighted by Gasteiger charge is -2.35. The number of carbonyl (C=O) groups is 1. The maximum atomic E-state index is 12.6. The maximum absolute atomic E-state index is 12.6. The van der Waals surface area contributed by atoms with Crippen molar-refractivity contribution < 1.29 is 9.32 Å². The van der Waals surface area contributed by atoms with E-state index in [1.54, 1.807) is 12.4 Å². The Morgan fingerprint density at radius 1 is 1.28 bits per heavy atom.